The monoisotopic (exact) mass is 264 g/mol. The number of ketones is 1. The minimum absolute atomic E-state index is 0.0850. The molecule has 19 heavy (non-hydrogen) atoms. The topological polar surface area (TPSA) is 68.3 Å². The average molecular weight is 264 g/mol. The van der Waals surface area contributed by atoms with Crippen LogP contribution in [0.2, 0.25) is 0 Å². The highest BCUT2D eigenvalue weighted by molar-refractivity contribution is 5.92. The largest absolute Gasteiger partial charge is 0.467 e. The first-order valence-corrected chi connectivity index (χ1v) is 6.25. The van der Waals surface area contributed by atoms with Crippen molar-refractivity contribution in [3.63, 3.8) is 0 Å². The first kappa shape index (κ1) is 15.1. The molecule has 5 heteroatoms. The summed E-state index contributed by atoms with van der Waals surface area (Å²) < 4.78 is 4.77. The second-order valence-electron chi connectivity index (χ2n) is 4.84. The van der Waals surface area contributed by atoms with Gasteiger partial charge in [-0.25, -0.2) is 4.79 Å². The highest BCUT2D eigenvalue weighted by atomic mass is 16.5. The molecule has 1 aromatic heterocycles. The number of hydrogen-bond acceptors (Lipinski definition) is 5. The summed E-state index contributed by atoms with van der Waals surface area (Å²) in [5, 5.41) is 3.08. The van der Waals surface area contributed by atoms with Gasteiger partial charge >= 0.3 is 5.97 Å². The Bertz CT molecular complexity index is 441. The van der Waals surface area contributed by atoms with Gasteiger partial charge in [0.25, 0.3) is 0 Å². The summed E-state index contributed by atoms with van der Waals surface area (Å²) >= 11 is 0. The van der Waals surface area contributed by atoms with E-state index in [9.17, 15) is 9.59 Å². The van der Waals surface area contributed by atoms with Crippen molar-refractivity contribution in [3.8, 4) is 0 Å². The molecule has 0 bridgehead atoms. The standard InChI is InChI=1S/C14H20N2O3/c1-9(2)7-13(14(18)19-4)16-11-5-6-12(10(3)17)15-8-11/h5-6,8-9,13,16H,7H2,1-4H3. The number of carbonyl (C=O) groups excluding carboxylic acids is 2. The van der Waals surface area contributed by atoms with Gasteiger partial charge in [0.1, 0.15) is 11.7 Å². The number of aromatic nitrogens is 1. The molecule has 1 N–H and O–H groups in total. The van der Waals surface area contributed by atoms with E-state index in [-0.39, 0.29) is 11.8 Å². The molecule has 1 aromatic rings. The molecule has 0 saturated heterocycles. The van der Waals surface area contributed by atoms with Crippen LogP contribution in [0.5, 0.6) is 0 Å². The molecule has 104 valence electrons. The minimum Gasteiger partial charge on any atom is -0.467 e. The Morgan fingerprint density at radius 1 is 1.37 bits per heavy atom. The molecule has 0 aromatic carbocycles. The molecular weight excluding hydrogens is 244 g/mol. The molecule has 0 aliphatic rings. The number of pyridine rings is 1. The Morgan fingerprint density at radius 2 is 2.05 bits per heavy atom. The maximum atomic E-state index is 11.7. The number of carbonyl (C=O) groups is 2. The summed E-state index contributed by atoms with van der Waals surface area (Å²) in [4.78, 5) is 26.8. The molecule has 0 fully saturated rings. The van der Waals surface area contributed by atoms with Gasteiger partial charge in [-0.3, -0.25) is 9.78 Å². The fourth-order valence-corrected chi connectivity index (χ4v) is 1.72. The normalized spacial score (nSPS) is 12.1. The number of methoxy groups -OCH3 is 1. The van der Waals surface area contributed by atoms with Gasteiger partial charge in [0, 0.05) is 6.92 Å². The van der Waals surface area contributed by atoms with Crippen molar-refractivity contribution in [3.05, 3.63) is 24.0 Å². The van der Waals surface area contributed by atoms with Crippen LogP contribution < -0.4 is 5.32 Å². The lowest BCUT2D eigenvalue weighted by atomic mass is 10.0. The average Bonchev–Trinajstić information content (AvgIpc) is 2.37. The lowest BCUT2D eigenvalue weighted by Crippen LogP contribution is -2.32. The van der Waals surface area contributed by atoms with Gasteiger partial charge in [-0.15, -0.1) is 0 Å². The summed E-state index contributed by atoms with van der Waals surface area (Å²) in [5.41, 5.74) is 1.10. The van der Waals surface area contributed by atoms with E-state index in [1.807, 2.05) is 13.8 Å². The van der Waals surface area contributed by atoms with Crippen molar-refractivity contribution >= 4 is 17.4 Å². The van der Waals surface area contributed by atoms with Crippen molar-refractivity contribution in [2.24, 2.45) is 5.92 Å². The number of hydrogen-bond donors (Lipinski definition) is 1. The minimum atomic E-state index is -0.407. The predicted octanol–water partition coefficient (Wildman–Crippen LogP) is 2.28. The molecule has 1 heterocycles. The van der Waals surface area contributed by atoms with Crippen LogP contribution in [-0.4, -0.2) is 29.9 Å². The van der Waals surface area contributed by atoms with E-state index in [1.54, 1.807) is 18.3 Å². The molecule has 0 amide bonds. The van der Waals surface area contributed by atoms with Crippen molar-refractivity contribution < 1.29 is 14.3 Å². The van der Waals surface area contributed by atoms with Crippen molar-refractivity contribution in [2.45, 2.75) is 33.2 Å². The summed E-state index contributed by atoms with van der Waals surface area (Å²) in [6.45, 7) is 5.54. The van der Waals surface area contributed by atoms with Crippen LogP contribution >= 0.6 is 0 Å². The molecule has 1 unspecified atom stereocenters. The van der Waals surface area contributed by atoms with Gasteiger partial charge in [0.05, 0.1) is 19.0 Å². The van der Waals surface area contributed by atoms with E-state index < -0.39 is 6.04 Å². The Hall–Kier alpha value is -1.91. The van der Waals surface area contributed by atoms with E-state index in [4.69, 9.17) is 4.74 Å². The molecule has 1 rings (SSSR count). The third kappa shape index (κ3) is 4.69. The Morgan fingerprint density at radius 3 is 2.47 bits per heavy atom. The number of esters is 1. The number of nitrogens with zero attached hydrogens (tertiary/aromatic N) is 1. The Kier molecular flexibility index (Phi) is 5.48. The summed E-state index contributed by atoms with van der Waals surface area (Å²) in [7, 11) is 1.37. The van der Waals surface area contributed by atoms with Crippen molar-refractivity contribution in [2.75, 3.05) is 12.4 Å². The zero-order valence-electron chi connectivity index (χ0n) is 11.8. The van der Waals surface area contributed by atoms with Gasteiger partial charge in [-0.2, -0.15) is 0 Å². The van der Waals surface area contributed by atoms with Gasteiger partial charge in [-0.05, 0) is 24.5 Å². The number of anilines is 1. The summed E-state index contributed by atoms with van der Waals surface area (Å²) in [6.07, 6.45) is 2.22. The third-order valence-electron chi connectivity index (χ3n) is 2.66. The number of rotatable bonds is 6. The molecule has 0 radical (unpaired) electrons. The van der Waals surface area contributed by atoms with Crippen LogP contribution in [-0.2, 0) is 9.53 Å². The highest BCUT2D eigenvalue weighted by Gasteiger charge is 2.20. The maximum absolute atomic E-state index is 11.7. The maximum Gasteiger partial charge on any atom is 0.328 e. The van der Waals surface area contributed by atoms with E-state index in [0.29, 0.717) is 23.7 Å². The first-order chi connectivity index (χ1) is 8.93. The first-order valence-electron chi connectivity index (χ1n) is 6.25. The van der Waals surface area contributed by atoms with Gasteiger partial charge in [0.2, 0.25) is 0 Å². The van der Waals surface area contributed by atoms with Crippen LogP contribution in [0.4, 0.5) is 5.69 Å². The van der Waals surface area contributed by atoms with Gasteiger partial charge < -0.3 is 10.1 Å². The number of Topliss-reactive ketones (excluding diaryl/α,β-unsaturated/α-hetero) is 1. The van der Waals surface area contributed by atoms with E-state index in [0.717, 1.165) is 0 Å². The Labute approximate surface area is 113 Å². The predicted molar refractivity (Wildman–Crippen MR) is 73.1 cm³/mol. The van der Waals surface area contributed by atoms with Crippen LogP contribution in [0.25, 0.3) is 0 Å². The molecule has 0 aliphatic carbocycles. The Balaban J connectivity index is 2.78. The molecule has 5 nitrogen and oxygen atoms in total. The van der Waals surface area contributed by atoms with Crippen LogP contribution in [0, 0.1) is 5.92 Å². The zero-order valence-corrected chi connectivity index (χ0v) is 11.8. The smallest absolute Gasteiger partial charge is 0.328 e. The lowest BCUT2D eigenvalue weighted by molar-refractivity contribution is -0.141. The fraction of sp³-hybridized carbons (Fsp3) is 0.500. The van der Waals surface area contributed by atoms with Crippen LogP contribution in [0.3, 0.4) is 0 Å². The van der Waals surface area contributed by atoms with E-state index >= 15 is 0 Å². The van der Waals surface area contributed by atoms with Gasteiger partial charge in [-0.1, -0.05) is 13.8 Å². The van der Waals surface area contributed by atoms with Gasteiger partial charge in [0.15, 0.2) is 5.78 Å². The molecule has 0 spiro atoms. The second-order valence-corrected chi connectivity index (χ2v) is 4.84. The molecule has 0 saturated carbocycles. The molecule has 1 atom stereocenters. The van der Waals surface area contributed by atoms with Crippen molar-refractivity contribution in [1.29, 1.82) is 0 Å². The molecular formula is C14H20N2O3. The summed E-state index contributed by atoms with van der Waals surface area (Å²) in [5.74, 6) is -0.0244. The number of nitrogens with one attached hydrogen (secondary N) is 1. The van der Waals surface area contributed by atoms with E-state index in [2.05, 4.69) is 10.3 Å². The second kappa shape index (κ2) is 6.87. The highest BCUT2D eigenvalue weighted by Crippen LogP contribution is 2.14. The number of ether oxygens (including phenoxy) is 1. The zero-order chi connectivity index (χ0) is 14.4. The quantitative estimate of drug-likeness (QED) is 0.630. The van der Waals surface area contributed by atoms with Crippen molar-refractivity contribution in [1.82, 2.24) is 4.98 Å². The van der Waals surface area contributed by atoms with E-state index in [1.165, 1.54) is 14.0 Å². The van der Waals surface area contributed by atoms with Crippen LogP contribution in [0.1, 0.15) is 37.7 Å². The fourth-order valence-electron chi connectivity index (χ4n) is 1.72. The SMILES string of the molecule is COC(=O)C(CC(C)C)Nc1ccc(C(C)=O)nc1. The van der Waals surface area contributed by atoms with Crippen LogP contribution in [0.15, 0.2) is 18.3 Å². The molecule has 0 aliphatic heterocycles. The lowest BCUT2D eigenvalue weighted by Gasteiger charge is -2.19. The summed E-state index contributed by atoms with van der Waals surface area (Å²) in [6, 6.07) is 2.96. The third-order valence-corrected chi connectivity index (χ3v) is 2.66.